The molecule has 1 aromatic heterocycles. The molecule has 0 spiro atoms. The Morgan fingerprint density at radius 1 is 1.10 bits per heavy atom. The maximum atomic E-state index is 12.8. The van der Waals surface area contributed by atoms with Crippen molar-refractivity contribution in [1.29, 1.82) is 0 Å². The van der Waals surface area contributed by atoms with Gasteiger partial charge < -0.3 is 15.2 Å². The van der Waals surface area contributed by atoms with Crippen molar-refractivity contribution < 1.29 is 17.9 Å². The highest BCUT2D eigenvalue weighted by Crippen LogP contribution is 2.33. The van der Waals surface area contributed by atoms with Crippen LogP contribution in [0.25, 0.3) is 0 Å². The van der Waals surface area contributed by atoms with E-state index in [-0.39, 0.29) is 32.5 Å². The predicted octanol–water partition coefficient (Wildman–Crippen LogP) is 4.19. The smallest absolute Gasteiger partial charge is 0.264 e. The zero-order valence-corrected chi connectivity index (χ0v) is 19.1. The van der Waals surface area contributed by atoms with Crippen LogP contribution in [-0.2, 0) is 16.4 Å². The Labute approximate surface area is 190 Å². The first-order valence-electron chi connectivity index (χ1n) is 9.11. The van der Waals surface area contributed by atoms with Gasteiger partial charge in [-0.05, 0) is 49.7 Å². The summed E-state index contributed by atoms with van der Waals surface area (Å²) in [6.07, 6.45) is 0.706. The Kier molecular flexibility index (Phi) is 7.22. The number of sulfonamides is 1. The van der Waals surface area contributed by atoms with E-state index in [2.05, 4.69) is 14.7 Å². The van der Waals surface area contributed by atoms with Gasteiger partial charge in [-0.1, -0.05) is 41.4 Å². The number of benzene rings is 2. The fourth-order valence-corrected chi connectivity index (χ4v) is 4.47. The molecule has 31 heavy (non-hydrogen) atoms. The number of nitrogens with two attached hydrogens (primary N) is 1. The molecule has 0 atom stereocenters. The van der Waals surface area contributed by atoms with Crippen LogP contribution in [0.15, 0.2) is 47.4 Å². The molecule has 164 valence electrons. The summed E-state index contributed by atoms with van der Waals surface area (Å²) < 4.78 is 39.0. The fraction of sp³-hybridized carbons (Fsp3) is 0.200. The zero-order valence-electron chi connectivity index (χ0n) is 16.7. The highest BCUT2D eigenvalue weighted by atomic mass is 35.5. The van der Waals surface area contributed by atoms with Gasteiger partial charge >= 0.3 is 0 Å². The van der Waals surface area contributed by atoms with Crippen LogP contribution in [0.2, 0.25) is 10.0 Å². The first-order valence-corrected chi connectivity index (χ1v) is 11.4. The van der Waals surface area contributed by atoms with Crippen molar-refractivity contribution in [2.24, 2.45) is 5.73 Å². The van der Waals surface area contributed by atoms with Gasteiger partial charge in [-0.2, -0.15) is 4.98 Å². The molecule has 0 amide bonds. The number of aryl methyl sites for hydroxylation is 1. The normalized spacial score (nSPS) is 11.3. The van der Waals surface area contributed by atoms with E-state index < -0.39 is 10.0 Å². The molecule has 0 unspecified atom stereocenters. The Morgan fingerprint density at radius 3 is 2.55 bits per heavy atom. The summed E-state index contributed by atoms with van der Waals surface area (Å²) in [5.41, 5.74) is 6.96. The lowest BCUT2D eigenvalue weighted by Gasteiger charge is -2.14. The monoisotopic (exact) mass is 482 g/mol. The van der Waals surface area contributed by atoms with E-state index in [9.17, 15) is 8.42 Å². The Morgan fingerprint density at radius 2 is 1.84 bits per heavy atom. The maximum absolute atomic E-state index is 12.8. The molecule has 11 heteroatoms. The van der Waals surface area contributed by atoms with Crippen LogP contribution in [0.3, 0.4) is 0 Å². The van der Waals surface area contributed by atoms with Crippen LogP contribution in [-0.4, -0.2) is 32.0 Å². The van der Waals surface area contributed by atoms with E-state index in [1.165, 1.54) is 25.3 Å². The summed E-state index contributed by atoms with van der Waals surface area (Å²) in [7, 11) is -2.76. The van der Waals surface area contributed by atoms with Gasteiger partial charge in [-0.25, -0.2) is 13.4 Å². The van der Waals surface area contributed by atoms with Crippen LogP contribution in [0, 0.1) is 6.92 Å². The van der Waals surface area contributed by atoms with Crippen LogP contribution < -0.4 is 19.9 Å². The fourth-order valence-electron chi connectivity index (χ4n) is 2.71. The third kappa shape index (κ3) is 5.37. The van der Waals surface area contributed by atoms with Gasteiger partial charge in [0.05, 0.1) is 17.2 Å². The molecular formula is C20H20Cl2N4O4S. The van der Waals surface area contributed by atoms with Gasteiger partial charge in [0.1, 0.15) is 16.3 Å². The van der Waals surface area contributed by atoms with E-state index >= 15 is 0 Å². The van der Waals surface area contributed by atoms with Gasteiger partial charge in [-0.15, -0.1) is 0 Å². The maximum Gasteiger partial charge on any atom is 0.264 e. The minimum atomic E-state index is -4.10. The molecular weight excluding hydrogens is 463 g/mol. The summed E-state index contributed by atoms with van der Waals surface area (Å²) >= 11 is 12.0. The number of hydrogen-bond acceptors (Lipinski definition) is 7. The number of hydrogen-bond donors (Lipinski definition) is 2. The van der Waals surface area contributed by atoms with Crippen molar-refractivity contribution in [2.75, 3.05) is 18.4 Å². The third-order valence-electron chi connectivity index (χ3n) is 4.17. The molecule has 2 aromatic carbocycles. The van der Waals surface area contributed by atoms with Gasteiger partial charge in [0.15, 0.2) is 0 Å². The van der Waals surface area contributed by atoms with Crippen LogP contribution in [0.4, 0.5) is 5.82 Å². The quantitative estimate of drug-likeness (QED) is 0.493. The number of methoxy groups -OCH3 is 1. The highest BCUT2D eigenvalue weighted by Gasteiger charge is 2.24. The number of ether oxygens (including phenoxy) is 2. The van der Waals surface area contributed by atoms with Crippen LogP contribution >= 0.6 is 23.2 Å². The van der Waals surface area contributed by atoms with Crippen molar-refractivity contribution in [3.05, 3.63) is 63.8 Å². The van der Waals surface area contributed by atoms with Gasteiger partial charge in [-0.3, -0.25) is 4.72 Å². The van der Waals surface area contributed by atoms with Crippen molar-refractivity contribution in [3.63, 3.8) is 0 Å². The minimum absolute atomic E-state index is 0.0690. The molecule has 0 bridgehead atoms. The number of nitrogens with one attached hydrogen (secondary N) is 1. The summed E-state index contributed by atoms with van der Waals surface area (Å²) in [5, 5.41) is 0.0111. The Hall–Kier alpha value is -2.59. The summed E-state index contributed by atoms with van der Waals surface area (Å²) in [4.78, 5) is 8.33. The molecule has 3 N–H and O–H groups in total. The van der Waals surface area contributed by atoms with E-state index in [1.807, 2.05) is 18.2 Å². The molecule has 0 radical (unpaired) electrons. The lowest BCUT2D eigenvalue weighted by Crippen LogP contribution is -2.16. The van der Waals surface area contributed by atoms with Crippen molar-refractivity contribution in [2.45, 2.75) is 18.2 Å². The Bertz CT molecular complexity index is 1210. The molecule has 0 aliphatic carbocycles. The average molecular weight is 483 g/mol. The predicted molar refractivity (Wildman–Crippen MR) is 120 cm³/mol. The number of nitrogens with zero attached hydrogens (tertiary/aromatic N) is 2. The van der Waals surface area contributed by atoms with Gasteiger partial charge in [0.25, 0.3) is 15.9 Å². The molecule has 0 saturated carbocycles. The largest absolute Gasteiger partial charge is 0.478 e. The SMILES string of the molecule is COc1nc(Oc2cccc(CCN)c2)c(C)nc1NS(=O)(=O)c1cccc(Cl)c1Cl. The second-order valence-corrected chi connectivity index (χ2v) is 8.85. The second kappa shape index (κ2) is 9.69. The van der Waals surface area contributed by atoms with Crippen molar-refractivity contribution in [3.8, 4) is 17.5 Å². The molecule has 8 nitrogen and oxygen atoms in total. The number of anilines is 1. The number of aromatic nitrogens is 2. The number of rotatable bonds is 8. The lowest BCUT2D eigenvalue weighted by molar-refractivity contribution is 0.381. The highest BCUT2D eigenvalue weighted by molar-refractivity contribution is 7.92. The van der Waals surface area contributed by atoms with Gasteiger partial charge in [0, 0.05) is 0 Å². The molecule has 3 aromatic rings. The van der Waals surface area contributed by atoms with E-state index in [0.29, 0.717) is 24.4 Å². The average Bonchev–Trinajstić information content (AvgIpc) is 2.72. The minimum Gasteiger partial charge on any atom is -0.478 e. The van der Waals surface area contributed by atoms with Crippen molar-refractivity contribution in [1.82, 2.24) is 9.97 Å². The van der Waals surface area contributed by atoms with E-state index in [1.54, 1.807) is 13.0 Å². The zero-order chi connectivity index (χ0) is 22.6. The van der Waals surface area contributed by atoms with Crippen LogP contribution in [0.1, 0.15) is 11.3 Å². The number of halogens is 2. The van der Waals surface area contributed by atoms with Crippen LogP contribution in [0.5, 0.6) is 17.5 Å². The van der Waals surface area contributed by atoms with E-state index in [0.717, 1.165) is 5.56 Å². The standard InChI is InChI=1S/C20H20Cl2N4O4S/c1-12-19(30-14-6-3-5-13(11-14)9-10-23)25-20(29-2)18(24-12)26-31(27,28)16-8-4-7-15(21)17(16)22/h3-8,11H,9-10,23H2,1-2H3,(H,24,26). The van der Waals surface area contributed by atoms with Gasteiger partial charge in [0.2, 0.25) is 11.7 Å². The molecule has 0 fully saturated rings. The molecule has 0 saturated heterocycles. The second-order valence-electron chi connectivity index (χ2n) is 6.42. The van der Waals surface area contributed by atoms with Crippen molar-refractivity contribution >= 4 is 39.0 Å². The molecule has 3 rings (SSSR count). The molecule has 0 aliphatic rings. The third-order valence-corrected chi connectivity index (χ3v) is 6.48. The summed E-state index contributed by atoms with van der Waals surface area (Å²) in [5.74, 6) is 0.538. The first kappa shape index (κ1) is 23.1. The first-order chi connectivity index (χ1) is 14.7. The topological polar surface area (TPSA) is 116 Å². The summed E-state index contributed by atoms with van der Waals surface area (Å²) in [6, 6.07) is 11.7. The molecule has 0 aliphatic heterocycles. The Balaban J connectivity index is 1.92. The van der Waals surface area contributed by atoms with E-state index in [4.69, 9.17) is 38.4 Å². The summed E-state index contributed by atoms with van der Waals surface area (Å²) in [6.45, 7) is 2.15. The molecule has 1 heterocycles. The lowest BCUT2D eigenvalue weighted by atomic mass is 10.1.